The highest BCUT2D eigenvalue weighted by atomic mass is 35.5. The van der Waals surface area contributed by atoms with E-state index in [1.807, 2.05) is 31.2 Å². The number of carbonyl (C=O) groups is 2. The van der Waals surface area contributed by atoms with Crippen LogP contribution in [0.5, 0.6) is 0 Å². The number of nitrogens with one attached hydrogen (secondary N) is 1. The Morgan fingerprint density at radius 2 is 2.05 bits per heavy atom. The van der Waals surface area contributed by atoms with Crippen molar-refractivity contribution in [2.24, 2.45) is 5.92 Å². The van der Waals surface area contributed by atoms with E-state index >= 15 is 0 Å². The topological polar surface area (TPSA) is 49.4 Å². The van der Waals surface area contributed by atoms with Crippen LogP contribution in [0.1, 0.15) is 31.7 Å². The molecule has 5 heteroatoms. The average Bonchev–Trinajstić information content (AvgIpc) is 3.13. The quantitative estimate of drug-likeness (QED) is 0.905. The predicted octanol–water partition coefficient (Wildman–Crippen LogP) is 2.40. The van der Waals surface area contributed by atoms with Gasteiger partial charge in [-0.25, -0.2) is 0 Å². The Balaban J connectivity index is 1.59. The van der Waals surface area contributed by atoms with Gasteiger partial charge in [0.2, 0.25) is 11.8 Å². The molecule has 1 aromatic carbocycles. The Bertz CT molecular complexity index is 581. The van der Waals surface area contributed by atoms with Crippen LogP contribution >= 0.6 is 11.6 Å². The second kappa shape index (κ2) is 5.92. The molecule has 1 N–H and O–H groups in total. The van der Waals surface area contributed by atoms with Gasteiger partial charge in [-0.15, -0.1) is 0 Å². The molecule has 0 spiro atoms. The fourth-order valence-electron chi connectivity index (χ4n) is 3.11. The van der Waals surface area contributed by atoms with E-state index in [0.717, 1.165) is 24.3 Å². The summed E-state index contributed by atoms with van der Waals surface area (Å²) < 4.78 is 0. The first-order chi connectivity index (χ1) is 10.5. The molecule has 2 amide bonds. The maximum absolute atomic E-state index is 12.4. The highest BCUT2D eigenvalue weighted by Gasteiger charge is 2.46. The molecule has 118 valence electrons. The van der Waals surface area contributed by atoms with Crippen molar-refractivity contribution in [3.63, 3.8) is 0 Å². The standard InChI is InChI=1S/C17H21ClN2O2/c1-2-20-11-13(9-15(20)21)16(22)19-17(7-8-17)10-12-3-5-14(18)6-4-12/h3-6,13H,2,7-11H2,1H3,(H,19,22)/t13-/m0/s1. The third-order valence-corrected chi connectivity index (χ3v) is 4.92. The van der Waals surface area contributed by atoms with Gasteiger partial charge in [-0.3, -0.25) is 9.59 Å². The molecular weight excluding hydrogens is 300 g/mol. The van der Waals surface area contributed by atoms with Crippen LogP contribution in [-0.2, 0) is 16.0 Å². The van der Waals surface area contributed by atoms with Crippen LogP contribution in [-0.4, -0.2) is 35.3 Å². The minimum Gasteiger partial charge on any atom is -0.350 e. The minimum absolute atomic E-state index is 0.0239. The minimum atomic E-state index is -0.199. The number of likely N-dealkylation sites (tertiary alicyclic amines) is 1. The molecule has 2 aliphatic rings. The van der Waals surface area contributed by atoms with Crippen molar-refractivity contribution >= 4 is 23.4 Å². The molecule has 1 heterocycles. The molecule has 2 fully saturated rings. The molecule has 1 aliphatic heterocycles. The van der Waals surface area contributed by atoms with Gasteiger partial charge in [0, 0.05) is 30.1 Å². The van der Waals surface area contributed by atoms with Crippen molar-refractivity contribution in [3.05, 3.63) is 34.9 Å². The van der Waals surface area contributed by atoms with Crippen molar-refractivity contribution in [1.29, 1.82) is 0 Å². The maximum atomic E-state index is 12.4. The molecule has 0 bridgehead atoms. The van der Waals surface area contributed by atoms with Crippen molar-refractivity contribution in [2.45, 2.75) is 38.1 Å². The van der Waals surface area contributed by atoms with E-state index in [9.17, 15) is 9.59 Å². The first kappa shape index (κ1) is 15.3. The van der Waals surface area contributed by atoms with E-state index in [2.05, 4.69) is 5.32 Å². The summed E-state index contributed by atoms with van der Waals surface area (Å²) in [6, 6.07) is 7.77. The highest BCUT2D eigenvalue weighted by molar-refractivity contribution is 6.30. The van der Waals surface area contributed by atoms with E-state index in [1.54, 1.807) is 4.90 Å². The Kier molecular flexibility index (Phi) is 4.13. The maximum Gasteiger partial charge on any atom is 0.225 e. The number of rotatable bonds is 5. The van der Waals surface area contributed by atoms with E-state index in [-0.39, 0.29) is 23.3 Å². The smallest absolute Gasteiger partial charge is 0.225 e. The van der Waals surface area contributed by atoms with Crippen LogP contribution in [0.25, 0.3) is 0 Å². The lowest BCUT2D eigenvalue weighted by atomic mass is 10.0. The summed E-state index contributed by atoms with van der Waals surface area (Å²) in [6.45, 7) is 3.18. The second-order valence-corrected chi connectivity index (χ2v) is 6.84. The van der Waals surface area contributed by atoms with Crippen LogP contribution in [0.4, 0.5) is 0 Å². The van der Waals surface area contributed by atoms with Gasteiger partial charge in [-0.2, -0.15) is 0 Å². The molecule has 4 nitrogen and oxygen atoms in total. The second-order valence-electron chi connectivity index (χ2n) is 6.41. The summed E-state index contributed by atoms with van der Waals surface area (Å²) in [4.78, 5) is 26.0. The number of hydrogen-bond acceptors (Lipinski definition) is 2. The molecule has 1 atom stereocenters. The molecule has 1 saturated carbocycles. The molecule has 3 rings (SSSR count). The molecule has 1 aromatic rings. The Morgan fingerprint density at radius 3 is 2.59 bits per heavy atom. The Hall–Kier alpha value is -1.55. The Labute approximate surface area is 135 Å². The van der Waals surface area contributed by atoms with E-state index in [1.165, 1.54) is 5.56 Å². The summed E-state index contributed by atoms with van der Waals surface area (Å²) >= 11 is 5.90. The van der Waals surface area contributed by atoms with Crippen molar-refractivity contribution in [1.82, 2.24) is 10.2 Å². The normalized spacial score (nSPS) is 22.7. The van der Waals surface area contributed by atoms with Crippen LogP contribution in [0.3, 0.4) is 0 Å². The van der Waals surface area contributed by atoms with Crippen molar-refractivity contribution in [3.8, 4) is 0 Å². The summed E-state index contributed by atoms with van der Waals surface area (Å²) in [7, 11) is 0. The molecule has 0 unspecified atom stereocenters. The summed E-state index contributed by atoms with van der Waals surface area (Å²) in [5, 5.41) is 3.91. The third kappa shape index (κ3) is 3.27. The van der Waals surface area contributed by atoms with Gasteiger partial charge in [0.1, 0.15) is 0 Å². The molecule has 0 radical (unpaired) electrons. The number of halogens is 1. The van der Waals surface area contributed by atoms with E-state index in [4.69, 9.17) is 11.6 Å². The number of carbonyl (C=O) groups excluding carboxylic acids is 2. The van der Waals surface area contributed by atoms with E-state index in [0.29, 0.717) is 19.5 Å². The first-order valence-corrected chi connectivity index (χ1v) is 8.23. The largest absolute Gasteiger partial charge is 0.350 e. The van der Waals surface area contributed by atoms with Crippen molar-refractivity contribution in [2.75, 3.05) is 13.1 Å². The number of nitrogens with zero attached hydrogens (tertiary/aromatic N) is 1. The average molecular weight is 321 g/mol. The van der Waals surface area contributed by atoms with Gasteiger partial charge in [0.25, 0.3) is 0 Å². The number of benzene rings is 1. The zero-order valence-corrected chi connectivity index (χ0v) is 13.5. The molecule has 0 aromatic heterocycles. The molecular formula is C17H21ClN2O2. The summed E-state index contributed by atoms with van der Waals surface area (Å²) in [5.41, 5.74) is 1.06. The highest BCUT2D eigenvalue weighted by Crippen LogP contribution is 2.39. The fourth-order valence-corrected chi connectivity index (χ4v) is 3.23. The lowest BCUT2D eigenvalue weighted by Gasteiger charge is -2.20. The predicted molar refractivity (Wildman–Crippen MR) is 85.6 cm³/mol. The fraction of sp³-hybridized carbons (Fsp3) is 0.529. The summed E-state index contributed by atoms with van der Waals surface area (Å²) in [5.74, 6) is -0.0869. The Morgan fingerprint density at radius 1 is 1.36 bits per heavy atom. The van der Waals surface area contributed by atoms with E-state index < -0.39 is 0 Å². The lowest BCUT2D eigenvalue weighted by Crippen LogP contribution is -2.42. The van der Waals surface area contributed by atoms with Crippen molar-refractivity contribution < 1.29 is 9.59 Å². The zero-order valence-electron chi connectivity index (χ0n) is 12.8. The van der Waals surface area contributed by atoms with Gasteiger partial charge in [-0.05, 0) is 43.9 Å². The molecule has 1 saturated heterocycles. The van der Waals surface area contributed by atoms with Crippen LogP contribution in [0.2, 0.25) is 5.02 Å². The van der Waals surface area contributed by atoms with Gasteiger partial charge >= 0.3 is 0 Å². The first-order valence-electron chi connectivity index (χ1n) is 7.85. The van der Waals surface area contributed by atoms with Gasteiger partial charge in [-0.1, -0.05) is 23.7 Å². The monoisotopic (exact) mass is 320 g/mol. The number of hydrogen-bond donors (Lipinski definition) is 1. The summed E-state index contributed by atoms with van der Waals surface area (Å²) in [6.07, 6.45) is 3.17. The van der Waals surface area contributed by atoms with Gasteiger partial charge in [0.05, 0.1) is 5.92 Å². The molecule has 1 aliphatic carbocycles. The van der Waals surface area contributed by atoms with Gasteiger partial charge < -0.3 is 10.2 Å². The van der Waals surface area contributed by atoms with Crippen LogP contribution in [0, 0.1) is 5.92 Å². The third-order valence-electron chi connectivity index (χ3n) is 4.66. The molecule has 22 heavy (non-hydrogen) atoms. The zero-order chi connectivity index (χ0) is 15.7. The van der Waals surface area contributed by atoms with Gasteiger partial charge in [0.15, 0.2) is 0 Å². The van der Waals surface area contributed by atoms with Crippen LogP contribution in [0.15, 0.2) is 24.3 Å². The van der Waals surface area contributed by atoms with Crippen LogP contribution < -0.4 is 5.32 Å². The number of amides is 2. The SMILES string of the molecule is CCN1C[C@@H](C(=O)NC2(Cc3ccc(Cl)cc3)CC2)CC1=O. The lowest BCUT2D eigenvalue weighted by molar-refractivity contribution is -0.129.